The number of halogens is 1. The number of rotatable bonds is 5. The molecule has 1 aromatic carbocycles. The lowest BCUT2D eigenvalue weighted by Crippen LogP contribution is -2.28. The summed E-state index contributed by atoms with van der Waals surface area (Å²) in [7, 11) is 1.69. The van der Waals surface area contributed by atoms with Gasteiger partial charge in [-0.2, -0.15) is 0 Å². The summed E-state index contributed by atoms with van der Waals surface area (Å²) in [6.07, 6.45) is 3.40. The number of imidazole rings is 1. The first-order chi connectivity index (χ1) is 12.0. The maximum absolute atomic E-state index is 13.2. The van der Waals surface area contributed by atoms with Crippen LogP contribution in [0.2, 0.25) is 0 Å². The Bertz CT molecular complexity index is 888. The van der Waals surface area contributed by atoms with E-state index in [1.165, 1.54) is 30.1 Å². The van der Waals surface area contributed by atoms with Crippen LogP contribution in [-0.4, -0.2) is 38.8 Å². The van der Waals surface area contributed by atoms with Crippen LogP contribution in [0, 0.1) is 12.7 Å². The number of carbonyl (C=O) groups is 1. The highest BCUT2D eigenvalue weighted by molar-refractivity contribution is 7.98. The Morgan fingerprint density at radius 1 is 1.36 bits per heavy atom. The first-order valence-corrected chi connectivity index (χ1v) is 8.77. The fourth-order valence-electron chi connectivity index (χ4n) is 2.47. The number of hydrogen-bond acceptors (Lipinski definition) is 5. The molecule has 3 aromatic rings. The van der Waals surface area contributed by atoms with E-state index in [9.17, 15) is 9.18 Å². The van der Waals surface area contributed by atoms with Crippen LogP contribution < -0.4 is 0 Å². The summed E-state index contributed by atoms with van der Waals surface area (Å²) in [6, 6.07) is 7.74. The van der Waals surface area contributed by atoms with Crippen LogP contribution >= 0.6 is 11.8 Å². The van der Waals surface area contributed by atoms with Crippen LogP contribution in [0.25, 0.3) is 5.69 Å². The molecule has 0 unspecified atom stereocenters. The Balaban J connectivity index is 1.92. The Labute approximate surface area is 148 Å². The molecule has 0 fully saturated rings. The van der Waals surface area contributed by atoms with E-state index in [2.05, 4.69) is 10.1 Å². The molecule has 2 aromatic heterocycles. The van der Waals surface area contributed by atoms with Gasteiger partial charge in [0.15, 0.2) is 5.16 Å². The normalized spacial score (nSPS) is 10.9. The topological polar surface area (TPSA) is 64.2 Å². The minimum Gasteiger partial charge on any atom is -0.361 e. The van der Waals surface area contributed by atoms with Gasteiger partial charge in [-0.05, 0) is 37.4 Å². The van der Waals surface area contributed by atoms with Gasteiger partial charge in [-0.15, -0.1) is 0 Å². The van der Waals surface area contributed by atoms with Gasteiger partial charge in [0.25, 0.3) is 5.91 Å². The molecule has 0 N–H and O–H groups in total. The van der Waals surface area contributed by atoms with Crippen molar-refractivity contribution in [3.05, 3.63) is 59.5 Å². The van der Waals surface area contributed by atoms with Crippen molar-refractivity contribution < 1.29 is 13.7 Å². The molecule has 25 heavy (non-hydrogen) atoms. The number of aryl methyl sites for hydroxylation is 1. The lowest BCUT2D eigenvalue weighted by atomic mass is 10.3. The highest BCUT2D eigenvalue weighted by atomic mass is 32.2. The third-order valence-electron chi connectivity index (χ3n) is 3.64. The third-order valence-corrected chi connectivity index (χ3v) is 4.29. The number of thioether (sulfide) groups is 1. The molecule has 0 spiro atoms. The van der Waals surface area contributed by atoms with Crippen molar-refractivity contribution in [1.29, 1.82) is 0 Å². The van der Waals surface area contributed by atoms with Gasteiger partial charge in [0.1, 0.15) is 23.0 Å². The maximum atomic E-state index is 13.2. The molecule has 1 amide bonds. The zero-order chi connectivity index (χ0) is 18.0. The SMILES string of the molecule is CSc1ncc(C(=O)N(C)Cc2cc(C)on2)n1-c1ccc(F)cc1. The largest absolute Gasteiger partial charge is 0.361 e. The van der Waals surface area contributed by atoms with Crippen LogP contribution in [0.1, 0.15) is 21.9 Å². The average molecular weight is 360 g/mol. The lowest BCUT2D eigenvalue weighted by molar-refractivity contribution is 0.0773. The van der Waals surface area contributed by atoms with Gasteiger partial charge in [0.2, 0.25) is 0 Å². The van der Waals surface area contributed by atoms with E-state index in [1.54, 1.807) is 41.6 Å². The van der Waals surface area contributed by atoms with Crippen molar-refractivity contribution in [2.75, 3.05) is 13.3 Å². The number of amides is 1. The predicted octanol–water partition coefficient (Wildman–Crippen LogP) is 3.30. The van der Waals surface area contributed by atoms with Gasteiger partial charge in [-0.3, -0.25) is 9.36 Å². The van der Waals surface area contributed by atoms with Crippen molar-refractivity contribution >= 4 is 17.7 Å². The fraction of sp³-hybridized carbons (Fsp3) is 0.235. The molecule has 0 atom stereocenters. The van der Waals surface area contributed by atoms with Crippen molar-refractivity contribution in [2.45, 2.75) is 18.6 Å². The van der Waals surface area contributed by atoms with Crippen LogP contribution in [0.3, 0.4) is 0 Å². The molecule has 0 saturated carbocycles. The van der Waals surface area contributed by atoms with E-state index in [0.29, 0.717) is 34.5 Å². The molecule has 0 saturated heterocycles. The summed E-state index contributed by atoms with van der Waals surface area (Å²) in [5.41, 5.74) is 1.75. The Hall–Kier alpha value is -2.61. The van der Waals surface area contributed by atoms with Gasteiger partial charge >= 0.3 is 0 Å². The fourth-order valence-corrected chi connectivity index (χ4v) is 3.02. The highest BCUT2D eigenvalue weighted by Crippen LogP contribution is 2.23. The van der Waals surface area contributed by atoms with Gasteiger partial charge in [-0.25, -0.2) is 9.37 Å². The van der Waals surface area contributed by atoms with Gasteiger partial charge < -0.3 is 9.42 Å². The summed E-state index contributed by atoms with van der Waals surface area (Å²) in [5.74, 6) is 0.149. The van der Waals surface area contributed by atoms with Crippen molar-refractivity contribution in [2.24, 2.45) is 0 Å². The Kier molecular flexibility index (Phi) is 4.89. The minimum absolute atomic E-state index is 0.210. The van der Waals surface area contributed by atoms with E-state index in [1.807, 2.05) is 6.26 Å². The van der Waals surface area contributed by atoms with E-state index < -0.39 is 0 Å². The Morgan fingerprint density at radius 3 is 2.68 bits per heavy atom. The number of hydrogen-bond donors (Lipinski definition) is 0. The monoisotopic (exact) mass is 360 g/mol. The first kappa shape index (κ1) is 17.2. The molecule has 0 radical (unpaired) electrons. The van der Waals surface area contributed by atoms with Crippen molar-refractivity contribution in [3.63, 3.8) is 0 Å². The maximum Gasteiger partial charge on any atom is 0.272 e. The Morgan fingerprint density at radius 2 is 2.08 bits per heavy atom. The zero-order valence-electron chi connectivity index (χ0n) is 14.1. The smallest absolute Gasteiger partial charge is 0.272 e. The molecule has 0 bridgehead atoms. The van der Waals surface area contributed by atoms with E-state index in [4.69, 9.17) is 4.52 Å². The van der Waals surface area contributed by atoms with Gasteiger partial charge in [-0.1, -0.05) is 16.9 Å². The zero-order valence-corrected chi connectivity index (χ0v) is 14.9. The highest BCUT2D eigenvalue weighted by Gasteiger charge is 2.21. The van der Waals surface area contributed by atoms with Gasteiger partial charge in [0, 0.05) is 18.8 Å². The molecule has 0 aliphatic heterocycles. The molecule has 0 aliphatic rings. The van der Waals surface area contributed by atoms with Gasteiger partial charge in [0.05, 0.1) is 12.7 Å². The van der Waals surface area contributed by atoms with Crippen molar-refractivity contribution in [1.82, 2.24) is 19.6 Å². The predicted molar refractivity (Wildman–Crippen MR) is 92.3 cm³/mol. The number of benzene rings is 1. The van der Waals surface area contributed by atoms with E-state index >= 15 is 0 Å². The lowest BCUT2D eigenvalue weighted by Gasteiger charge is -2.17. The molecule has 2 heterocycles. The van der Waals surface area contributed by atoms with Crippen LogP contribution in [0.4, 0.5) is 4.39 Å². The third kappa shape index (κ3) is 3.58. The van der Waals surface area contributed by atoms with E-state index in [0.717, 1.165) is 0 Å². The molecule has 6 nitrogen and oxygen atoms in total. The molecular weight excluding hydrogens is 343 g/mol. The first-order valence-electron chi connectivity index (χ1n) is 7.55. The summed E-state index contributed by atoms with van der Waals surface area (Å²) in [4.78, 5) is 18.7. The molecule has 3 rings (SSSR count). The minimum atomic E-state index is -0.332. The van der Waals surface area contributed by atoms with E-state index in [-0.39, 0.29) is 11.7 Å². The number of nitrogens with zero attached hydrogens (tertiary/aromatic N) is 4. The second-order valence-corrected chi connectivity index (χ2v) is 6.31. The molecule has 0 aliphatic carbocycles. The summed E-state index contributed by atoms with van der Waals surface area (Å²) in [6.45, 7) is 2.12. The second-order valence-electron chi connectivity index (χ2n) is 5.53. The number of aromatic nitrogens is 3. The second kappa shape index (κ2) is 7.10. The summed E-state index contributed by atoms with van der Waals surface area (Å²) < 4.78 is 20.0. The van der Waals surface area contributed by atoms with Crippen LogP contribution in [0.5, 0.6) is 0 Å². The summed E-state index contributed by atoms with van der Waals surface area (Å²) in [5, 5.41) is 4.56. The standard InChI is InChI=1S/C17H17FN4O2S/c1-11-8-13(20-24-11)10-21(2)16(23)15-9-19-17(25-3)22(15)14-6-4-12(18)5-7-14/h4-9H,10H2,1-3H3. The van der Waals surface area contributed by atoms with Crippen LogP contribution in [-0.2, 0) is 6.54 Å². The number of carbonyl (C=O) groups excluding carboxylic acids is 1. The summed E-state index contributed by atoms with van der Waals surface area (Å²) >= 11 is 1.41. The molecular formula is C17H17FN4O2S. The molecule has 130 valence electrons. The van der Waals surface area contributed by atoms with Crippen LogP contribution in [0.15, 0.2) is 46.2 Å². The molecule has 8 heteroatoms. The van der Waals surface area contributed by atoms with Crippen molar-refractivity contribution in [3.8, 4) is 5.69 Å². The average Bonchev–Trinajstić information content (AvgIpc) is 3.20. The quantitative estimate of drug-likeness (QED) is 0.653.